The van der Waals surface area contributed by atoms with Gasteiger partial charge in [0, 0.05) is 11.5 Å². The van der Waals surface area contributed by atoms with Crippen molar-refractivity contribution in [2.75, 3.05) is 0 Å². The maximum Gasteiger partial charge on any atom is 0.338 e. The summed E-state index contributed by atoms with van der Waals surface area (Å²) in [6.45, 7) is 3.47. The van der Waals surface area contributed by atoms with E-state index in [1.54, 1.807) is 98.8 Å². The van der Waals surface area contributed by atoms with Crippen LogP contribution in [0.3, 0.4) is 0 Å². The molecule has 0 saturated heterocycles. The summed E-state index contributed by atoms with van der Waals surface area (Å²) in [6.07, 6.45) is -2.22. The van der Waals surface area contributed by atoms with E-state index in [0.29, 0.717) is 27.8 Å². The second kappa shape index (κ2) is 10.6. The van der Waals surface area contributed by atoms with Crippen LogP contribution in [0.25, 0.3) is 0 Å². The van der Waals surface area contributed by atoms with Gasteiger partial charge >= 0.3 is 11.9 Å². The lowest BCUT2D eigenvalue weighted by Gasteiger charge is -2.42. The van der Waals surface area contributed by atoms with E-state index in [0.717, 1.165) is 0 Å². The third-order valence-electron chi connectivity index (χ3n) is 7.11. The molecular formula is C32H26F2O4. The third-order valence-corrected chi connectivity index (χ3v) is 7.11. The Labute approximate surface area is 219 Å². The first kappa shape index (κ1) is 25.3. The number of halogens is 2. The summed E-state index contributed by atoms with van der Waals surface area (Å²) in [5, 5.41) is 0. The molecule has 0 heterocycles. The highest BCUT2D eigenvalue weighted by atomic mass is 19.1. The number of rotatable bonds is 5. The minimum atomic E-state index is -1.13. The summed E-state index contributed by atoms with van der Waals surface area (Å²) in [4.78, 5) is 26.5. The molecule has 3 unspecified atom stereocenters. The van der Waals surface area contributed by atoms with Gasteiger partial charge in [0.05, 0.1) is 17.0 Å². The number of ether oxygens (including phenoxy) is 2. The molecule has 0 aliphatic heterocycles. The van der Waals surface area contributed by atoms with Crippen LogP contribution in [-0.2, 0) is 9.47 Å². The number of fused-ring (bicyclic) bond motifs is 1. The molecule has 0 radical (unpaired) electrons. The van der Waals surface area contributed by atoms with Crippen molar-refractivity contribution < 1.29 is 27.8 Å². The van der Waals surface area contributed by atoms with Crippen molar-refractivity contribution in [2.45, 2.75) is 37.9 Å². The Morgan fingerprint density at radius 1 is 0.632 bits per heavy atom. The maximum atomic E-state index is 15.5. The van der Waals surface area contributed by atoms with Gasteiger partial charge in [-0.2, -0.15) is 0 Å². The Morgan fingerprint density at radius 2 is 1.13 bits per heavy atom. The van der Waals surface area contributed by atoms with Crippen LogP contribution in [-0.4, -0.2) is 24.1 Å². The predicted molar refractivity (Wildman–Crippen MR) is 139 cm³/mol. The lowest BCUT2D eigenvalue weighted by molar-refractivity contribution is -0.0540. The number of carbonyl (C=O) groups excluding carboxylic acids is 2. The average Bonchev–Trinajstić information content (AvgIpc) is 2.93. The van der Waals surface area contributed by atoms with Gasteiger partial charge in [-0.25, -0.2) is 18.4 Å². The first-order chi connectivity index (χ1) is 18.4. The van der Waals surface area contributed by atoms with Gasteiger partial charge in [-0.1, -0.05) is 67.6 Å². The van der Waals surface area contributed by atoms with Gasteiger partial charge in [-0.15, -0.1) is 0 Å². The molecule has 4 nitrogen and oxygen atoms in total. The Balaban J connectivity index is 1.68. The maximum absolute atomic E-state index is 15.5. The number of hydrogen-bond donors (Lipinski definition) is 0. The molecule has 6 heteroatoms. The smallest absolute Gasteiger partial charge is 0.338 e. The molecule has 5 rings (SSSR count). The largest absolute Gasteiger partial charge is 0.454 e. The van der Waals surface area contributed by atoms with Crippen molar-refractivity contribution >= 4 is 11.9 Å². The van der Waals surface area contributed by atoms with Gasteiger partial charge < -0.3 is 9.47 Å². The van der Waals surface area contributed by atoms with Gasteiger partial charge in [0.15, 0.2) is 6.10 Å². The Bertz CT molecular complexity index is 1450. The van der Waals surface area contributed by atoms with Crippen molar-refractivity contribution in [1.82, 2.24) is 0 Å². The molecule has 0 amide bonds. The van der Waals surface area contributed by atoms with Crippen LogP contribution in [0, 0.1) is 18.6 Å². The van der Waals surface area contributed by atoms with Crippen LogP contribution in [0.1, 0.15) is 61.7 Å². The summed E-state index contributed by atoms with van der Waals surface area (Å²) in [5.74, 6) is -3.92. The van der Waals surface area contributed by atoms with E-state index in [4.69, 9.17) is 9.47 Å². The lowest BCUT2D eigenvalue weighted by atomic mass is 9.70. The number of carbonyl (C=O) groups is 2. The zero-order chi connectivity index (χ0) is 26.8. The molecule has 38 heavy (non-hydrogen) atoms. The van der Waals surface area contributed by atoms with Gasteiger partial charge in [-0.3, -0.25) is 0 Å². The van der Waals surface area contributed by atoms with Gasteiger partial charge in [0.2, 0.25) is 0 Å². The molecule has 4 aromatic rings. The van der Waals surface area contributed by atoms with Gasteiger partial charge in [0.1, 0.15) is 17.7 Å². The highest BCUT2D eigenvalue weighted by Gasteiger charge is 2.48. The molecule has 0 N–H and O–H groups in total. The van der Waals surface area contributed by atoms with E-state index in [1.807, 2.05) is 0 Å². The number of benzene rings is 4. The van der Waals surface area contributed by atoms with Crippen LogP contribution in [0.5, 0.6) is 0 Å². The van der Waals surface area contributed by atoms with E-state index in [1.165, 1.54) is 12.1 Å². The van der Waals surface area contributed by atoms with Crippen molar-refractivity contribution in [3.05, 3.63) is 142 Å². The normalized spacial score (nSPS) is 20.3. The molecule has 0 fully saturated rings. The van der Waals surface area contributed by atoms with E-state index >= 15 is 8.78 Å². The Hall–Kier alpha value is -4.32. The minimum Gasteiger partial charge on any atom is -0.454 e. The molecular weight excluding hydrogens is 486 g/mol. The zero-order valence-corrected chi connectivity index (χ0v) is 20.9. The molecule has 1 aliphatic carbocycles. The van der Waals surface area contributed by atoms with Crippen molar-refractivity contribution in [2.24, 2.45) is 0 Å². The second-order valence-corrected chi connectivity index (χ2v) is 9.45. The summed E-state index contributed by atoms with van der Waals surface area (Å²) in [5.41, 5.74) is 2.25. The lowest BCUT2D eigenvalue weighted by Crippen LogP contribution is -2.47. The summed E-state index contributed by atoms with van der Waals surface area (Å²) in [6, 6.07) is 26.0. The predicted octanol–water partition coefficient (Wildman–Crippen LogP) is 6.97. The van der Waals surface area contributed by atoms with Crippen molar-refractivity contribution in [1.29, 1.82) is 0 Å². The van der Waals surface area contributed by atoms with Crippen molar-refractivity contribution in [3.8, 4) is 0 Å². The fourth-order valence-electron chi connectivity index (χ4n) is 5.32. The quantitative estimate of drug-likeness (QED) is 0.271. The number of aryl methyl sites for hydroxylation is 1. The SMILES string of the molecule is Cc1cccc(F)c1[C@H]1c2cccc(F)c2C(C)C(OC(=O)c2ccccc2)C1OC(=O)c1ccccc1. The molecule has 4 atom stereocenters. The molecule has 192 valence electrons. The molecule has 0 bridgehead atoms. The van der Waals surface area contributed by atoms with E-state index < -0.39 is 47.6 Å². The highest BCUT2D eigenvalue weighted by molar-refractivity contribution is 5.90. The first-order valence-electron chi connectivity index (χ1n) is 12.4. The summed E-state index contributed by atoms with van der Waals surface area (Å²) >= 11 is 0. The Kier molecular flexibility index (Phi) is 7.05. The van der Waals surface area contributed by atoms with E-state index in [9.17, 15) is 9.59 Å². The molecule has 1 aliphatic rings. The number of esters is 2. The topological polar surface area (TPSA) is 52.6 Å². The Morgan fingerprint density at radius 3 is 1.68 bits per heavy atom. The first-order valence-corrected chi connectivity index (χ1v) is 12.4. The fourth-order valence-corrected chi connectivity index (χ4v) is 5.32. The van der Waals surface area contributed by atoms with Gasteiger partial charge in [-0.05, 0) is 60.0 Å². The monoisotopic (exact) mass is 512 g/mol. The summed E-state index contributed by atoms with van der Waals surface area (Å²) < 4.78 is 42.9. The summed E-state index contributed by atoms with van der Waals surface area (Å²) in [7, 11) is 0. The van der Waals surface area contributed by atoms with Crippen LogP contribution in [0.15, 0.2) is 97.1 Å². The molecule has 0 spiro atoms. The fraction of sp³-hybridized carbons (Fsp3) is 0.188. The highest BCUT2D eigenvalue weighted by Crippen LogP contribution is 2.47. The van der Waals surface area contributed by atoms with Crippen LogP contribution < -0.4 is 0 Å². The van der Waals surface area contributed by atoms with Crippen LogP contribution in [0.4, 0.5) is 8.78 Å². The van der Waals surface area contributed by atoms with Crippen LogP contribution >= 0.6 is 0 Å². The standard InChI is InChI=1S/C32H26F2O4/c1-19-11-9-17-24(33)26(19)28-23-16-10-18-25(34)27(23)20(2)29(37-31(35)21-12-5-3-6-13-21)30(28)38-32(36)22-14-7-4-8-15-22/h3-18,20,28-30H,1-2H3/t20?,28-,29?,30?/m1/s1. The van der Waals surface area contributed by atoms with Crippen LogP contribution in [0.2, 0.25) is 0 Å². The van der Waals surface area contributed by atoms with Gasteiger partial charge in [0.25, 0.3) is 0 Å². The van der Waals surface area contributed by atoms with Crippen molar-refractivity contribution in [3.63, 3.8) is 0 Å². The van der Waals surface area contributed by atoms with E-state index in [-0.39, 0.29) is 5.56 Å². The zero-order valence-electron chi connectivity index (χ0n) is 20.9. The average molecular weight is 513 g/mol. The second-order valence-electron chi connectivity index (χ2n) is 9.45. The molecule has 0 saturated carbocycles. The molecule has 4 aromatic carbocycles. The van der Waals surface area contributed by atoms with E-state index in [2.05, 4.69) is 0 Å². The number of hydrogen-bond acceptors (Lipinski definition) is 4. The molecule has 0 aromatic heterocycles. The third kappa shape index (κ3) is 4.70. The minimum absolute atomic E-state index is 0.262.